The maximum atomic E-state index is 12.5. The molecule has 1 heterocycles. The number of hydrogen-bond acceptors (Lipinski definition) is 4. The maximum Gasteiger partial charge on any atom is 0.257 e. The van der Waals surface area contributed by atoms with E-state index < -0.39 is 0 Å². The van der Waals surface area contributed by atoms with Crippen molar-refractivity contribution in [1.82, 2.24) is 10.3 Å². The van der Waals surface area contributed by atoms with Gasteiger partial charge in [0.2, 0.25) is 5.89 Å². The molecule has 6 heteroatoms. The van der Waals surface area contributed by atoms with Crippen LogP contribution in [-0.4, -0.2) is 16.0 Å². The zero-order valence-corrected chi connectivity index (χ0v) is 18.4. The third-order valence-electron chi connectivity index (χ3n) is 4.98. The van der Waals surface area contributed by atoms with Crippen LogP contribution in [0.15, 0.2) is 71.1 Å². The van der Waals surface area contributed by atoms with Gasteiger partial charge >= 0.3 is 0 Å². The molecule has 0 saturated heterocycles. The van der Waals surface area contributed by atoms with Crippen molar-refractivity contribution in [1.29, 1.82) is 0 Å². The van der Waals surface area contributed by atoms with E-state index in [1.54, 1.807) is 0 Å². The van der Waals surface area contributed by atoms with Gasteiger partial charge in [-0.05, 0) is 78.7 Å². The van der Waals surface area contributed by atoms with Gasteiger partial charge in [0, 0.05) is 16.8 Å². The van der Waals surface area contributed by atoms with Gasteiger partial charge in [-0.3, -0.25) is 10.1 Å². The zero-order valence-electron chi connectivity index (χ0n) is 17.6. The van der Waals surface area contributed by atoms with E-state index >= 15 is 0 Å². The number of oxazole rings is 1. The number of benzene rings is 3. The van der Waals surface area contributed by atoms with E-state index in [4.69, 9.17) is 16.6 Å². The molecule has 4 rings (SSSR count). The highest BCUT2D eigenvalue weighted by Crippen LogP contribution is 2.26. The lowest BCUT2D eigenvalue weighted by Crippen LogP contribution is -2.34. The van der Waals surface area contributed by atoms with Crippen LogP contribution in [0.4, 0.5) is 5.69 Å². The van der Waals surface area contributed by atoms with E-state index in [-0.39, 0.29) is 11.0 Å². The third kappa shape index (κ3) is 4.81. The van der Waals surface area contributed by atoms with Gasteiger partial charge < -0.3 is 9.73 Å². The minimum absolute atomic E-state index is 0.225. The van der Waals surface area contributed by atoms with Crippen molar-refractivity contribution in [2.45, 2.75) is 26.7 Å². The first kappa shape index (κ1) is 20.8. The number of nitrogens with one attached hydrogen (secondary N) is 2. The van der Waals surface area contributed by atoms with Crippen molar-refractivity contribution in [3.8, 4) is 11.5 Å². The van der Waals surface area contributed by atoms with E-state index in [2.05, 4.69) is 29.5 Å². The minimum Gasteiger partial charge on any atom is -0.436 e. The fourth-order valence-electron chi connectivity index (χ4n) is 3.25. The molecule has 4 aromatic rings. The molecule has 31 heavy (non-hydrogen) atoms. The van der Waals surface area contributed by atoms with Crippen molar-refractivity contribution in [2.75, 3.05) is 5.32 Å². The second kappa shape index (κ2) is 8.70. The maximum absolute atomic E-state index is 12.5. The Morgan fingerprint density at radius 3 is 2.55 bits per heavy atom. The summed E-state index contributed by atoms with van der Waals surface area (Å²) in [5.41, 5.74) is 5.98. The van der Waals surface area contributed by atoms with Gasteiger partial charge in [0.1, 0.15) is 5.52 Å². The number of carbonyl (C=O) groups is 1. The molecule has 156 valence electrons. The molecule has 1 aromatic heterocycles. The highest BCUT2D eigenvalue weighted by atomic mass is 32.1. The number of hydrogen-bond donors (Lipinski definition) is 2. The van der Waals surface area contributed by atoms with Crippen LogP contribution in [0.3, 0.4) is 0 Å². The molecule has 0 aliphatic carbocycles. The monoisotopic (exact) mass is 429 g/mol. The summed E-state index contributed by atoms with van der Waals surface area (Å²) in [7, 11) is 0. The fraction of sp³-hybridized carbons (Fsp3) is 0.160. The zero-order chi connectivity index (χ0) is 22.0. The molecule has 5 nitrogen and oxygen atoms in total. The average molecular weight is 430 g/mol. The Kier molecular flexibility index (Phi) is 5.82. The van der Waals surface area contributed by atoms with Crippen molar-refractivity contribution >= 4 is 40.0 Å². The number of fused-ring (bicyclic) bond motifs is 1. The molecule has 0 unspecified atom stereocenters. The van der Waals surface area contributed by atoms with E-state index in [1.807, 2.05) is 73.7 Å². The Hall–Kier alpha value is -3.51. The Balaban J connectivity index is 1.45. The Bertz CT molecular complexity index is 1260. The molecular formula is C25H23N3O2S. The van der Waals surface area contributed by atoms with Gasteiger partial charge in [-0.2, -0.15) is 0 Å². The lowest BCUT2D eigenvalue weighted by molar-refractivity contribution is 0.0977. The van der Waals surface area contributed by atoms with Crippen molar-refractivity contribution in [2.24, 2.45) is 0 Å². The van der Waals surface area contributed by atoms with Gasteiger partial charge in [0.25, 0.3) is 5.91 Å². The Labute approximate surface area is 186 Å². The molecule has 0 bridgehead atoms. The van der Waals surface area contributed by atoms with Crippen LogP contribution in [0, 0.1) is 6.92 Å². The highest BCUT2D eigenvalue weighted by Gasteiger charge is 2.11. The first-order valence-electron chi connectivity index (χ1n) is 10.1. The normalized spacial score (nSPS) is 11.0. The number of nitrogens with zero attached hydrogens (tertiary/aromatic N) is 1. The van der Waals surface area contributed by atoms with Crippen molar-refractivity contribution in [3.63, 3.8) is 0 Å². The van der Waals surface area contributed by atoms with E-state index in [9.17, 15) is 4.79 Å². The summed E-state index contributed by atoms with van der Waals surface area (Å²) in [6.07, 6.45) is 0. The van der Waals surface area contributed by atoms with E-state index in [1.165, 1.54) is 5.56 Å². The number of amides is 1. The quantitative estimate of drug-likeness (QED) is 0.386. The summed E-state index contributed by atoms with van der Waals surface area (Å²) < 4.78 is 5.88. The topological polar surface area (TPSA) is 67.2 Å². The van der Waals surface area contributed by atoms with Crippen LogP contribution in [0.25, 0.3) is 22.6 Å². The average Bonchev–Trinajstić information content (AvgIpc) is 3.17. The first-order chi connectivity index (χ1) is 14.9. The molecule has 2 N–H and O–H groups in total. The summed E-state index contributed by atoms with van der Waals surface area (Å²) in [5, 5.41) is 6.00. The summed E-state index contributed by atoms with van der Waals surface area (Å²) in [6, 6.07) is 21.0. The fourth-order valence-corrected chi connectivity index (χ4v) is 3.46. The summed E-state index contributed by atoms with van der Waals surface area (Å²) in [4.78, 5) is 17.1. The SMILES string of the molecule is Cc1ccc2oc(-c3cccc(NC(=S)NC(=O)c4ccc(C(C)C)cc4)c3)nc2c1. The number of aryl methyl sites for hydroxylation is 1. The smallest absolute Gasteiger partial charge is 0.257 e. The number of aromatic nitrogens is 1. The van der Waals surface area contributed by atoms with Crippen LogP contribution in [-0.2, 0) is 0 Å². The van der Waals surface area contributed by atoms with Gasteiger partial charge in [-0.15, -0.1) is 0 Å². The predicted octanol–water partition coefficient (Wildman–Crippen LogP) is 6.05. The molecule has 1 amide bonds. The van der Waals surface area contributed by atoms with Crippen molar-refractivity contribution < 1.29 is 9.21 Å². The third-order valence-corrected chi connectivity index (χ3v) is 5.18. The van der Waals surface area contributed by atoms with Gasteiger partial charge in [-0.25, -0.2) is 4.98 Å². The van der Waals surface area contributed by atoms with E-state index in [0.29, 0.717) is 17.4 Å². The molecule has 0 saturated carbocycles. The molecule has 0 aliphatic rings. The summed E-state index contributed by atoms with van der Waals surface area (Å²) in [5.74, 6) is 0.695. The highest BCUT2D eigenvalue weighted by molar-refractivity contribution is 7.80. The molecule has 3 aromatic carbocycles. The predicted molar refractivity (Wildman–Crippen MR) is 128 cm³/mol. The van der Waals surface area contributed by atoms with Gasteiger partial charge in [0.15, 0.2) is 10.7 Å². The van der Waals surface area contributed by atoms with Gasteiger partial charge in [-0.1, -0.05) is 38.1 Å². The molecule has 0 fully saturated rings. The van der Waals surface area contributed by atoms with E-state index in [0.717, 1.165) is 27.9 Å². The number of rotatable bonds is 4. The second-order valence-corrected chi connectivity index (χ2v) is 8.16. The number of thiocarbonyl (C=S) groups is 1. The summed E-state index contributed by atoms with van der Waals surface area (Å²) >= 11 is 5.32. The van der Waals surface area contributed by atoms with Crippen molar-refractivity contribution in [3.05, 3.63) is 83.4 Å². The van der Waals surface area contributed by atoms with Crippen LogP contribution < -0.4 is 10.6 Å². The largest absolute Gasteiger partial charge is 0.436 e. The Morgan fingerprint density at radius 2 is 1.81 bits per heavy atom. The minimum atomic E-state index is -0.252. The lowest BCUT2D eigenvalue weighted by Gasteiger charge is -2.11. The van der Waals surface area contributed by atoms with Gasteiger partial charge in [0.05, 0.1) is 0 Å². The molecule has 0 aliphatic heterocycles. The van der Waals surface area contributed by atoms with Crippen LogP contribution in [0.2, 0.25) is 0 Å². The first-order valence-corrected chi connectivity index (χ1v) is 10.5. The molecule has 0 atom stereocenters. The number of anilines is 1. The molecular weight excluding hydrogens is 406 g/mol. The van der Waals surface area contributed by atoms with Crippen LogP contribution in [0.5, 0.6) is 0 Å². The molecule has 0 radical (unpaired) electrons. The lowest BCUT2D eigenvalue weighted by atomic mass is 10.0. The summed E-state index contributed by atoms with van der Waals surface area (Å²) in [6.45, 7) is 6.25. The Morgan fingerprint density at radius 1 is 1.03 bits per heavy atom. The number of carbonyl (C=O) groups excluding carboxylic acids is 1. The van der Waals surface area contributed by atoms with Crippen LogP contribution in [0.1, 0.15) is 41.3 Å². The van der Waals surface area contributed by atoms with Crippen LogP contribution >= 0.6 is 12.2 Å². The standard InChI is InChI=1S/C25H23N3O2S/c1-15(2)17-8-10-18(11-9-17)23(29)28-25(31)26-20-6-4-5-19(14-20)24-27-21-13-16(3)7-12-22(21)30-24/h4-15H,1-3H3,(H2,26,28,29,31). The molecule has 0 spiro atoms. The second-order valence-electron chi connectivity index (χ2n) is 7.76.